The Labute approximate surface area is 204 Å². The standard InChI is InChI=1S/C27H26ClFN4O/c1-4-20(34)14-19-15-21-24(16-18(19)8-9-27(2)10-12-33(3)13-11-27)30-17-31-26(21)32-23-7-5-6-22(28)25(23)29/h4-7,15-17H,1,10-14H2,2-3H3,(H,30,31,32). The van der Waals surface area contributed by atoms with Gasteiger partial charge >= 0.3 is 0 Å². The zero-order chi connectivity index (χ0) is 24.3. The molecule has 0 spiro atoms. The fourth-order valence-electron chi connectivity index (χ4n) is 3.95. The summed E-state index contributed by atoms with van der Waals surface area (Å²) >= 11 is 5.92. The van der Waals surface area contributed by atoms with Gasteiger partial charge in [0.05, 0.1) is 16.2 Å². The number of ketones is 1. The van der Waals surface area contributed by atoms with E-state index < -0.39 is 5.82 Å². The Hall–Kier alpha value is -3.27. The predicted molar refractivity (Wildman–Crippen MR) is 135 cm³/mol. The molecule has 34 heavy (non-hydrogen) atoms. The third kappa shape index (κ3) is 5.27. The summed E-state index contributed by atoms with van der Waals surface area (Å²) < 4.78 is 14.5. The molecule has 1 aliphatic rings. The molecule has 0 bridgehead atoms. The maximum absolute atomic E-state index is 14.5. The van der Waals surface area contributed by atoms with Crippen molar-refractivity contribution in [1.82, 2.24) is 14.9 Å². The number of likely N-dealkylation sites (tertiary alicyclic amines) is 1. The highest BCUT2D eigenvalue weighted by Crippen LogP contribution is 2.31. The van der Waals surface area contributed by atoms with Crippen molar-refractivity contribution >= 4 is 39.8 Å². The monoisotopic (exact) mass is 476 g/mol. The zero-order valence-corrected chi connectivity index (χ0v) is 20.0. The van der Waals surface area contributed by atoms with Gasteiger partial charge in [0.15, 0.2) is 11.6 Å². The molecule has 0 radical (unpaired) electrons. The normalized spacial score (nSPS) is 15.4. The second-order valence-electron chi connectivity index (χ2n) is 8.94. The lowest BCUT2D eigenvalue weighted by Gasteiger charge is -2.33. The third-order valence-electron chi connectivity index (χ3n) is 6.25. The van der Waals surface area contributed by atoms with Gasteiger partial charge in [0.1, 0.15) is 12.1 Å². The van der Waals surface area contributed by atoms with E-state index >= 15 is 0 Å². The second-order valence-corrected chi connectivity index (χ2v) is 9.34. The van der Waals surface area contributed by atoms with Crippen LogP contribution in [0.3, 0.4) is 0 Å². The maximum atomic E-state index is 14.5. The molecule has 4 rings (SSSR count). The molecule has 1 aromatic heterocycles. The minimum atomic E-state index is -0.563. The van der Waals surface area contributed by atoms with Crippen molar-refractivity contribution in [2.75, 3.05) is 25.5 Å². The number of carbonyl (C=O) groups is 1. The summed E-state index contributed by atoms with van der Waals surface area (Å²) in [6, 6.07) is 8.44. The lowest BCUT2D eigenvalue weighted by molar-refractivity contribution is -0.114. The summed E-state index contributed by atoms with van der Waals surface area (Å²) in [5, 5.41) is 3.68. The van der Waals surface area contributed by atoms with Crippen molar-refractivity contribution in [3.63, 3.8) is 0 Å². The average Bonchev–Trinajstić information content (AvgIpc) is 2.83. The number of piperidine rings is 1. The predicted octanol–water partition coefficient (Wildman–Crippen LogP) is 5.55. The fraction of sp³-hybridized carbons (Fsp3) is 0.296. The number of carbonyl (C=O) groups excluding carboxylic acids is 1. The summed E-state index contributed by atoms with van der Waals surface area (Å²) in [7, 11) is 2.12. The van der Waals surface area contributed by atoms with Crippen LogP contribution in [0.15, 0.2) is 49.3 Å². The highest BCUT2D eigenvalue weighted by Gasteiger charge is 2.26. The van der Waals surface area contributed by atoms with Crippen molar-refractivity contribution in [3.8, 4) is 11.8 Å². The Morgan fingerprint density at radius 1 is 1.32 bits per heavy atom. The van der Waals surface area contributed by atoms with Gasteiger partial charge in [-0.05, 0) is 75.8 Å². The molecule has 0 amide bonds. The number of aromatic nitrogens is 2. The highest BCUT2D eigenvalue weighted by molar-refractivity contribution is 6.31. The Balaban J connectivity index is 1.77. The number of halogens is 2. The molecule has 1 aliphatic heterocycles. The molecule has 0 aliphatic carbocycles. The molecule has 5 nitrogen and oxygen atoms in total. The van der Waals surface area contributed by atoms with E-state index in [-0.39, 0.29) is 28.3 Å². The summed E-state index contributed by atoms with van der Waals surface area (Å²) in [6.07, 6.45) is 4.86. The molecule has 0 unspecified atom stereocenters. The number of allylic oxidation sites excluding steroid dienone is 1. The van der Waals surface area contributed by atoms with E-state index in [2.05, 4.69) is 52.6 Å². The van der Waals surface area contributed by atoms with E-state index in [0.717, 1.165) is 37.1 Å². The topological polar surface area (TPSA) is 58.1 Å². The molecule has 7 heteroatoms. The average molecular weight is 477 g/mol. The van der Waals surface area contributed by atoms with Crippen LogP contribution in [0.4, 0.5) is 15.9 Å². The van der Waals surface area contributed by atoms with Gasteiger partial charge in [-0.3, -0.25) is 4.79 Å². The van der Waals surface area contributed by atoms with Crippen molar-refractivity contribution in [3.05, 3.63) is 71.3 Å². The fourth-order valence-corrected chi connectivity index (χ4v) is 4.13. The maximum Gasteiger partial charge on any atom is 0.165 e. The zero-order valence-electron chi connectivity index (χ0n) is 19.3. The lowest BCUT2D eigenvalue weighted by atomic mass is 9.81. The van der Waals surface area contributed by atoms with Gasteiger partial charge in [-0.1, -0.05) is 36.1 Å². The summed E-state index contributed by atoms with van der Waals surface area (Å²) in [4.78, 5) is 23.3. The van der Waals surface area contributed by atoms with Crippen LogP contribution < -0.4 is 5.32 Å². The first-order valence-electron chi connectivity index (χ1n) is 11.1. The van der Waals surface area contributed by atoms with Crippen LogP contribution in [-0.4, -0.2) is 40.8 Å². The smallest absolute Gasteiger partial charge is 0.165 e. The summed E-state index contributed by atoms with van der Waals surface area (Å²) in [5.74, 6) is 6.54. The molecule has 2 heterocycles. The van der Waals surface area contributed by atoms with Crippen LogP contribution in [0, 0.1) is 23.1 Å². The van der Waals surface area contributed by atoms with E-state index in [0.29, 0.717) is 16.7 Å². The van der Waals surface area contributed by atoms with Crippen molar-refractivity contribution in [2.45, 2.75) is 26.2 Å². The highest BCUT2D eigenvalue weighted by atomic mass is 35.5. The van der Waals surface area contributed by atoms with Crippen molar-refractivity contribution in [2.24, 2.45) is 5.41 Å². The molecule has 0 saturated carbocycles. The lowest BCUT2D eigenvalue weighted by Crippen LogP contribution is -2.35. The molecule has 1 fully saturated rings. The van der Waals surface area contributed by atoms with Gasteiger partial charge in [0.25, 0.3) is 0 Å². The molecule has 2 aromatic carbocycles. The van der Waals surface area contributed by atoms with Gasteiger partial charge in [-0.2, -0.15) is 0 Å². The van der Waals surface area contributed by atoms with E-state index in [1.807, 2.05) is 12.1 Å². The number of anilines is 2. The Kier molecular flexibility index (Phi) is 6.97. The second kappa shape index (κ2) is 9.92. The van der Waals surface area contributed by atoms with Crippen LogP contribution in [-0.2, 0) is 11.2 Å². The minimum absolute atomic E-state index is 0.0144. The van der Waals surface area contributed by atoms with Crippen LogP contribution in [0.1, 0.15) is 30.9 Å². The molecule has 1 N–H and O–H groups in total. The first-order chi connectivity index (χ1) is 16.3. The number of nitrogens with one attached hydrogen (secondary N) is 1. The number of nitrogens with zero attached hydrogens (tertiary/aromatic N) is 3. The number of fused-ring (bicyclic) bond motifs is 1. The van der Waals surface area contributed by atoms with Crippen LogP contribution in [0.5, 0.6) is 0 Å². The molecule has 174 valence electrons. The number of rotatable bonds is 5. The third-order valence-corrected chi connectivity index (χ3v) is 6.54. The number of hydrogen-bond donors (Lipinski definition) is 1. The van der Waals surface area contributed by atoms with Gasteiger partial charge in [-0.15, -0.1) is 0 Å². The van der Waals surface area contributed by atoms with Gasteiger partial charge in [-0.25, -0.2) is 14.4 Å². The van der Waals surface area contributed by atoms with Crippen molar-refractivity contribution in [1.29, 1.82) is 0 Å². The van der Waals surface area contributed by atoms with Crippen molar-refractivity contribution < 1.29 is 9.18 Å². The molecular formula is C27H26ClFN4O. The van der Waals surface area contributed by atoms with E-state index in [1.54, 1.807) is 12.1 Å². The Morgan fingerprint density at radius 2 is 2.09 bits per heavy atom. The molecule has 1 saturated heterocycles. The first-order valence-corrected chi connectivity index (χ1v) is 11.5. The number of benzene rings is 2. The SMILES string of the molecule is C=CC(=O)Cc1cc2c(Nc3cccc(Cl)c3F)ncnc2cc1C#CC1(C)CCN(C)CC1. The van der Waals surface area contributed by atoms with E-state index in [9.17, 15) is 9.18 Å². The van der Waals surface area contributed by atoms with Crippen LogP contribution in [0.25, 0.3) is 10.9 Å². The Bertz CT molecular complexity index is 1320. The summed E-state index contributed by atoms with van der Waals surface area (Å²) in [5.41, 5.74) is 2.28. The van der Waals surface area contributed by atoms with E-state index in [4.69, 9.17) is 11.6 Å². The number of hydrogen-bond acceptors (Lipinski definition) is 5. The van der Waals surface area contributed by atoms with Gasteiger partial charge in [0, 0.05) is 22.8 Å². The Morgan fingerprint density at radius 3 is 2.82 bits per heavy atom. The van der Waals surface area contributed by atoms with Gasteiger partial charge < -0.3 is 10.2 Å². The first kappa shape index (κ1) is 23.9. The van der Waals surface area contributed by atoms with Crippen LogP contribution >= 0.6 is 11.6 Å². The largest absolute Gasteiger partial charge is 0.337 e. The van der Waals surface area contributed by atoms with Gasteiger partial charge in [0.2, 0.25) is 0 Å². The minimum Gasteiger partial charge on any atom is -0.337 e. The quantitative estimate of drug-likeness (QED) is 0.386. The van der Waals surface area contributed by atoms with E-state index in [1.165, 1.54) is 18.5 Å². The molecule has 3 aromatic rings. The van der Waals surface area contributed by atoms with Crippen LogP contribution in [0.2, 0.25) is 5.02 Å². The molecule has 0 atom stereocenters. The summed E-state index contributed by atoms with van der Waals surface area (Å²) in [6.45, 7) is 7.80. The molecular weight excluding hydrogens is 451 g/mol.